The number of amidine groups is 1. The molecule has 1 N–H and O–H groups in total. The second-order valence-corrected chi connectivity index (χ2v) is 5.54. The number of fused-ring (bicyclic) bond motifs is 1. The number of anilines is 1. The van der Waals surface area contributed by atoms with Crippen LogP contribution in [0.1, 0.15) is 0 Å². The van der Waals surface area contributed by atoms with Crippen LogP contribution in [0.5, 0.6) is 0 Å². The SMILES string of the molecule is C=CN=C(C=C)Nc1nc(=O)n(-c2ccccc2)c2cc(Cl)ccc12. The van der Waals surface area contributed by atoms with E-state index in [4.69, 9.17) is 11.6 Å². The van der Waals surface area contributed by atoms with E-state index in [0.29, 0.717) is 27.9 Å². The van der Waals surface area contributed by atoms with Crippen molar-refractivity contribution in [3.63, 3.8) is 0 Å². The zero-order valence-electron chi connectivity index (χ0n) is 13.3. The molecule has 0 amide bonds. The van der Waals surface area contributed by atoms with Gasteiger partial charge in [0, 0.05) is 16.6 Å². The van der Waals surface area contributed by atoms with Crippen molar-refractivity contribution in [3.05, 3.63) is 89.5 Å². The summed E-state index contributed by atoms with van der Waals surface area (Å²) >= 11 is 6.16. The van der Waals surface area contributed by atoms with Gasteiger partial charge in [-0.1, -0.05) is 43.0 Å². The molecule has 0 bridgehead atoms. The maximum atomic E-state index is 12.7. The van der Waals surface area contributed by atoms with Crippen LogP contribution >= 0.6 is 11.6 Å². The summed E-state index contributed by atoms with van der Waals surface area (Å²) in [7, 11) is 0. The van der Waals surface area contributed by atoms with Crippen molar-refractivity contribution in [2.24, 2.45) is 4.99 Å². The van der Waals surface area contributed by atoms with Gasteiger partial charge in [0.1, 0.15) is 11.7 Å². The zero-order chi connectivity index (χ0) is 17.8. The van der Waals surface area contributed by atoms with E-state index in [1.807, 2.05) is 30.3 Å². The number of rotatable bonds is 4. The summed E-state index contributed by atoms with van der Waals surface area (Å²) in [5, 5.41) is 4.26. The lowest BCUT2D eigenvalue weighted by Crippen LogP contribution is -2.24. The molecule has 2 aromatic carbocycles. The van der Waals surface area contributed by atoms with Gasteiger partial charge in [0.15, 0.2) is 0 Å². The van der Waals surface area contributed by atoms with Gasteiger partial charge in [0.2, 0.25) is 0 Å². The zero-order valence-corrected chi connectivity index (χ0v) is 14.1. The molecule has 124 valence electrons. The first-order valence-corrected chi connectivity index (χ1v) is 7.87. The molecule has 0 aliphatic carbocycles. The summed E-state index contributed by atoms with van der Waals surface area (Å²) in [4.78, 5) is 20.9. The largest absolute Gasteiger partial charge is 0.354 e. The molecule has 25 heavy (non-hydrogen) atoms. The summed E-state index contributed by atoms with van der Waals surface area (Å²) in [5.41, 5.74) is 0.927. The fourth-order valence-corrected chi connectivity index (χ4v) is 2.64. The van der Waals surface area contributed by atoms with Crippen LogP contribution < -0.4 is 11.0 Å². The fraction of sp³-hybridized carbons (Fsp3) is 0. The van der Waals surface area contributed by atoms with Gasteiger partial charge in [0.25, 0.3) is 0 Å². The molecule has 0 spiro atoms. The molecule has 0 radical (unpaired) electrons. The molecule has 0 aliphatic heterocycles. The number of para-hydroxylation sites is 1. The van der Waals surface area contributed by atoms with Crippen LogP contribution in [0.4, 0.5) is 5.82 Å². The highest BCUT2D eigenvalue weighted by Gasteiger charge is 2.13. The Hall–Kier alpha value is -3.18. The van der Waals surface area contributed by atoms with E-state index >= 15 is 0 Å². The van der Waals surface area contributed by atoms with Crippen molar-refractivity contribution in [2.45, 2.75) is 0 Å². The van der Waals surface area contributed by atoms with Crippen LogP contribution in [0.15, 0.2) is 83.8 Å². The van der Waals surface area contributed by atoms with Crippen molar-refractivity contribution in [1.29, 1.82) is 0 Å². The normalized spacial score (nSPS) is 11.3. The topological polar surface area (TPSA) is 59.3 Å². The second kappa shape index (κ2) is 7.15. The number of nitrogens with one attached hydrogen (secondary N) is 1. The van der Waals surface area contributed by atoms with E-state index < -0.39 is 5.69 Å². The van der Waals surface area contributed by atoms with E-state index in [-0.39, 0.29) is 0 Å². The van der Waals surface area contributed by atoms with Crippen LogP contribution in [-0.2, 0) is 0 Å². The third kappa shape index (κ3) is 3.36. The number of hydrogen-bond acceptors (Lipinski definition) is 3. The number of aliphatic imine (C=N–C) groups is 1. The third-order valence-corrected chi connectivity index (χ3v) is 3.77. The van der Waals surface area contributed by atoms with Gasteiger partial charge in [0.05, 0.1) is 11.2 Å². The molecular formula is C19H15ClN4O. The standard InChI is InChI=1S/C19H15ClN4O/c1-3-17(21-4-2)22-18-15-11-10-13(20)12-16(15)24(19(25)23-18)14-8-6-5-7-9-14/h3-12H,1-2H2,(H,21,22,23,25). The Morgan fingerprint density at radius 3 is 2.64 bits per heavy atom. The van der Waals surface area contributed by atoms with Crippen LogP contribution in [0.25, 0.3) is 16.6 Å². The quantitative estimate of drug-likeness (QED) is 0.567. The monoisotopic (exact) mass is 350 g/mol. The van der Waals surface area contributed by atoms with Crippen LogP contribution in [-0.4, -0.2) is 15.4 Å². The average Bonchev–Trinajstić information content (AvgIpc) is 2.61. The van der Waals surface area contributed by atoms with E-state index in [1.54, 1.807) is 18.2 Å². The van der Waals surface area contributed by atoms with Gasteiger partial charge in [-0.15, -0.1) is 0 Å². The molecule has 0 fully saturated rings. The summed E-state index contributed by atoms with van der Waals surface area (Å²) in [6, 6.07) is 14.6. The molecule has 6 heteroatoms. The van der Waals surface area contributed by atoms with Gasteiger partial charge >= 0.3 is 5.69 Å². The van der Waals surface area contributed by atoms with Crippen molar-refractivity contribution in [1.82, 2.24) is 9.55 Å². The molecule has 3 aromatic rings. The Balaban J connectivity index is 2.30. The van der Waals surface area contributed by atoms with E-state index in [1.165, 1.54) is 16.8 Å². The Labute approximate surface area is 149 Å². The first-order chi connectivity index (χ1) is 12.1. The average molecular weight is 351 g/mol. The minimum atomic E-state index is -0.425. The highest BCUT2D eigenvalue weighted by molar-refractivity contribution is 6.31. The Morgan fingerprint density at radius 2 is 1.96 bits per heavy atom. The summed E-state index contributed by atoms with van der Waals surface area (Å²) in [5.74, 6) is 0.819. The number of benzene rings is 2. The number of hydrogen-bond donors (Lipinski definition) is 1. The summed E-state index contributed by atoms with van der Waals surface area (Å²) in [6.07, 6.45) is 2.90. The molecule has 0 unspecified atom stereocenters. The summed E-state index contributed by atoms with van der Waals surface area (Å²) < 4.78 is 1.52. The van der Waals surface area contributed by atoms with Gasteiger partial charge in [-0.25, -0.2) is 9.79 Å². The lowest BCUT2D eigenvalue weighted by molar-refractivity contribution is 0.964. The first kappa shape index (κ1) is 16.7. The number of aromatic nitrogens is 2. The molecule has 0 saturated heterocycles. The Kier molecular flexibility index (Phi) is 4.77. The third-order valence-electron chi connectivity index (χ3n) is 3.54. The highest BCUT2D eigenvalue weighted by Crippen LogP contribution is 2.25. The fourth-order valence-electron chi connectivity index (χ4n) is 2.48. The molecular weight excluding hydrogens is 336 g/mol. The van der Waals surface area contributed by atoms with E-state index in [2.05, 4.69) is 28.5 Å². The lowest BCUT2D eigenvalue weighted by Gasteiger charge is -2.14. The van der Waals surface area contributed by atoms with Crippen molar-refractivity contribution < 1.29 is 0 Å². The van der Waals surface area contributed by atoms with Crippen molar-refractivity contribution in [2.75, 3.05) is 5.32 Å². The predicted octanol–water partition coefficient (Wildman–Crippen LogP) is 4.18. The highest BCUT2D eigenvalue weighted by atomic mass is 35.5. The van der Waals surface area contributed by atoms with Crippen molar-refractivity contribution >= 4 is 34.2 Å². The minimum Gasteiger partial charge on any atom is -0.324 e. The Bertz CT molecular complexity index is 1040. The Morgan fingerprint density at radius 1 is 1.20 bits per heavy atom. The van der Waals surface area contributed by atoms with Gasteiger partial charge in [-0.05, 0) is 36.4 Å². The van der Waals surface area contributed by atoms with Crippen molar-refractivity contribution in [3.8, 4) is 5.69 Å². The molecule has 0 saturated carbocycles. The number of nitrogens with zero attached hydrogens (tertiary/aromatic N) is 3. The van der Waals surface area contributed by atoms with Crippen LogP contribution in [0.3, 0.4) is 0 Å². The molecule has 0 aliphatic rings. The molecule has 3 rings (SSSR count). The van der Waals surface area contributed by atoms with Crippen LogP contribution in [0.2, 0.25) is 5.02 Å². The number of halogens is 1. The maximum absolute atomic E-state index is 12.7. The predicted molar refractivity (Wildman–Crippen MR) is 104 cm³/mol. The van der Waals surface area contributed by atoms with E-state index in [9.17, 15) is 4.79 Å². The molecule has 0 atom stereocenters. The summed E-state index contributed by atoms with van der Waals surface area (Å²) in [6.45, 7) is 7.24. The maximum Gasteiger partial charge on any atom is 0.354 e. The smallest absolute Gasteiger partial charge is 0.324 e. The van der Waals surface area contributed by atoms with Gasteiger partial charge in [-0.3, -0.25) is 4.57 Å². The van der Waals surface area contributed by atoms with Gasteiger partial charge < -0.3 is 5.32 Å². The molecule has 5 nitrogen and oxygen atoms in total. The molecule has 1 aromatic heterocycles. The van der Waals surface area contributed by atoms with Crippen LogP contribution in [0, 0.1) is 0 Å². The van der Waals surface area contributed by atoms with Gasteiger partial charge in [-0.2, -0.15) is 4.98 Å². The van der Waals surface area contributed by atoms with E-state index in [0.717, 1.165) is 5.39 Å². The molecule has 1 heterocycles. The second-order valence-electron chi connectivity index (χ2n) is 5.10. The minimum absolute atomic E-state index is 0.379. The first-order valence-electron chi connectivity index (χ1n) is 7.50. The lowest BCUT2D eigenvalue weighted by atomic mass is 10.2.